The second-order valence-corrected chi connectivity index (χ2v) is 10.7. The zero-order valence-electron chi connectivity index (χ0n) is 23.7. The molecule has 0 aliphatic carbocycles. The molecule has 40 heavy (non-hydrogen) atoms. The molecule has 1 atom stereocenters. The van der Waals surface area contributed by atoms with Crippen molar-refractivity contribution in [3.63, 3.8) is 0 Å². The van der Waals surface area contributed by atoms with Gasteiger partial charge >= 0.3 is 0 Å². The number of likely N-dealkylation sites (tertiary alicyclic amines) is 1. The third-order valence-corrected chi connectivity index (χ3v) is 7.10. The van der Waals surface area contributed by atoms with E-state index in [4.69, 9.17) is 14.2 Å². The smallest absolute Gasteiger partial charge is 0.295 e. The fourth-order valence-electron chi connectivity index (χ4n) is 5.02. The van der Waals surface area contributed by atoms with E-state index in [-0.39, 0.29) is 11.3 Å². The SMILES string of the molecule is C=CCOc1ccc(C2C(=C(O)c3ccc(OCC(C)C)c(C)c3)C(=O)C(=O)N2CCCN2CCOCC2)cc1. The molecular weight excluding hydrogens is 508 g/mol. The Kier molecular flexibility index (Phi) is 10.0. The minimum Gasteiger partial charge on any atom is -0.507 e. The fraction of sp³-hybridized carbons (Fsp3) is 0.438. The van der Waals surface area contributed by atoms with Crippen molar-refractivity contribution in [2.75, 3.05) is 52.6 Å². The summed E-state index contributed by atoms with van der Waals surface area (Å²) >= 11 is 0. The molecular formula is C32H40N2O6. The lowest BCUT2D eigenvalue weighted by molar-refractivity contribution is -0.140. The van der Waals surface area contributed by atoms with E-state index in [0.717, 1.165) is 36.5 Å². The van der Waals surface area contributed by atoms with Crippen LogP contribution in [0, 0.1) is 12.8 Å². The van der Waals surface area contributed by atoms with E-state index in [1.165, 1.54) is 0 Å². The minimum atomic E-state index is -0.713. The highest BCUT2D eigenvalue weighted by molar-refractivity contribution is 6.46. The summed E-state index contributed by atoms with van der Waals surface area (Å²) in [5.41, 5.74) is 2.12. The van der Waals surface area contributed by atoms with Crippen LogP contribution < -0.4 is 9.47 Å². The number of benzene rings is 2. The molecule has 4 rings (SSSR count). The first-order valence-electron chi connectivity index (χ1n) is 14.0. The fourth-order valence-corrected chi connectivity index (χ4v) is 5.02. The van der Waals surface area contributed by atoms with Gasteiger partial charge in [0.05, 0.1) is 31.4 Å². The second-order valence-electron chi connectivity index (χ2n) is 10.7. The van der Waals surface area contributed by atoms with Crippen LogP contribution in [-0.4, -0.2) is 79.2 Å². The van der Waals surface area contributed by atoms with E-state index in [1.807, 2.05) is 19.1 Å². The normalized spacial score (nSPS) is 19.3. The number of hydrogen-bond acceptors (Lipinski definition) is 7. The van der Waals surface area contributed by atoms with E-state index in [1.54, 1.807) is 41.3 Å². The zero-order chi connectivity index (χ0) is 28.6. The van der Waals surface area contributed by atoms with Crippen LogP contribution in [0.15, 0.2) is 60.7 Å². The van der Waals surface area contributed by atoms with Crippen molar-refractivity contribution in [2.24, 2.45) is 5.92 Å². The van der Waals surface area contributed by atoms with E-state index in [9.17, 15) is 14.7 Å². The number of aliphatic hydroxyl groups is 1. The van der Waals surface area contributed by atoms with E-state index in [0.29, 0.717) is 56.6 Å². The van der Waals surface area contributed by atoms with Gasteiger partial charge in [-0.05, 0) is 60.7 Å². The number of carbonyl (C=O) groups excluding carboxylic acids is 2. The van der Waals surface area contributed by atoms with Crippen molar-refractivity contribution < 1.29 is 28.9 Å². The van der Waals surface area contributed by atoms with Crippen LogP contribution in [0.1, 0.15) is 43.0 Å². The second kappa shape index (κ2) is 13.6. The first kappa shape index (κ1) is 29.4. The number of ketones is 1. The number of carbonyl (C=O) groups is 2. The molecule has 0 radical (unpaired) electrons. The van der Waals surface area contributed by atoms with Crippen molar-refractivity contribution in [3.05, 3.63) is 77.4 Å². The van der Waals surface area contributed by atoms with Gasteiger partial charge in [0.25, 0.3) is 11.7 Å². The van der Waals surface area contributed by atoms with Crippen LogP contribution in [-0.2, 0) is 14.3 Å². The molecule has 1 N–H and O–H groups in total. The highest BCUT2D eigenvalue weighted by Gasteiger charge is 2.45. The summed E-state index contributed by atoms with van der Waals surface area (Å²) in [6.45, 7) is 15.0. The van der Waals surface area contributed by atoms with Gasteiger partial charge in [-0.25, -0.2) is 0 Å². The molecule has 0 aromatic heterocycles. The van der Waals surface area contributed by atoms with Crippen LogP contribution in [0.25, 0.3) is 5.76 Å². The monoisotopic (exact) mass is 548 g/mol. The minimum absolute atomic E-state index is 0.0892. The standard InChI is InChI=1S/C32H40N2O6/c1-5-17-39-26-10-7-24(8-11-26)29-28(30(35)25-9-12-27(23(4)20-25)40-21-22(2)3)31(36)32(37)34(29)14-6-13-33-15-18-38-19-16-33/h5,7-12,20,22,29,35H,1,6,13-19,21H2,2-4H3. The maximum atomic E-state index is 13.4. The molecule has 1 unspecified atom stereocenters. The van der Waals surface area contributed by atoms with Gasteiger partial charge in [0.1, 0.15) is 23.9 Å². The lowest BCUT2D eigenvalue weighted by Gasteiger charge is -2.29. The van der Waals surface area contributed by atoms with Gasteiger partial charge in [0.15, 0.2) is 0 Å². The van der Waals surface area contributed by atoms with Crippen LogP contribution >= 0.6 is 0 Å². The topological polar surface area (TPSA) is 88.5 Å². The van der Waals surface area contributed by atoms with Crippen molar-refractivity contribution in [1.29, 1.82) is 0 Å². The Balaban J connectivity index is 1.66. The highest BCUT2D eigenvalue weighted by Crippen LogP contribution is 2.40. The number of aliphatic hydroxyl groups excluding tert-OH is 1. The number of rotatable bonds is 12. The number of morpholine rings is 1. The third kappa shape index (κ3) is 6.92. The molecule has 214 valence electrons. The Morgan fingerprint density at radius 1 is 1.10 bits per heavy atom. The summed E-state index contributed by atoms with van der Waals surface area (Å²) < 4.78 is 16.9. The number of Topliss-reactive ketones (excluding diaryl/α,β-unsaturated/α-hetero) is 1. The largest absolute Gasteiger partial charge is 0.507 e. The molecule has 2 fully saturated rings. The molecule has 2 aromatic rings. The van der Waals surface area contributed by atoms with Crippen LogP contribution in [0.3, 0.4) is 0 Å². The number of hydrogen-bond donors (Lipinski definition) is 1. The van der Waals surface area contributed by atoms with Crippen molar-refractivity contribution in [2.45, 2.75) is 33.2 Å². The van der Waals surface area contributed by atoms with Crippen molar-refractivity contribution in [3.8, 4) is 11.5 Å². The number of amides is 1. The van der Waals surface area contributed by atoms with Gasteiger partial charge in [-0.3, -0.25) is 14.5 Å². The van der Waals surface area contributed by atoms with E-state index >= 15 is 0 Å². The Hall–Kier alpha value is -3.62. The third-order valence-electron chi connectivity index (χ3n) is 7.10. The molecule has 1 amide bonds. The molecule has 2 saturated heterocycles. The molecule has 0 bridgehead atoms. The molecule has 8 heteroatoms. The van der Waals surface area contributed by atoms with Crippen molar-refractivity contribution in [1.82, 2.24) is 9.80 Å². The summed E-state index contributed by atoms with van der Waals surface area (Å²) in [6, 6.07) is 11.9. The first-order chi connectivity index (χ1) is 19.3. The average Bonchev–Trinajstić information content (AvgIpc) is 3.21. The molecule has 0 saturated carbocycles. The van der Waals surface area contributed by atoms with E-state index < -0.39 is 17.7 Å². The van der Waals surface area contributed by atoms with Gasteiger partial charge in [-0.2, -0.15) is 0 Å². The quantitative estimate of drug-likeness (QED) is 0.177. The van der Waals surface area contributed by atoms with Gasteiger partial charge in [-0.15, -0.1) is 0 Å². The molecule has 2 aliphatic heterocycles. The molecule has 2 aromatic carbocycles. The van der Waals surface area contributed by atoms with Crippen molar-refractivity contribution >= 4 is 17.4 Å². The summed E-state index contributed by atoms with van der Waals surface area (Å²) in [5.74, 6) is 0.276. The zero-order valence-corrected chi connectivity index (χ0v) is 23.7. The Morgan fingerprint density at radius 2 is 1.82 bits per heavy atom. The predicted molar refractivity (Wildman–Crippen MR) is 155 cm³/mol. The van der Waals surface area contributed by atoms with Crippen LogP contribution in [0.2, 0.25) is 0 Å². The maximum absolute atomic E-state index is 13.4. The Morgan fingerprint density at radius 3 is 2.48 bits per heavy atom. The van der Waals surface area contributed by atoms with Gasteiger partial charge in [-0.1, -0.05) is 38.6 Å². The Labute approximate surface area is 236 Å². The molecule has 2 heterocycles. The molecule has 2 aliphatic rings. The number of nitrogens with zero attached hydrogens (tertiary/aromatic N) is 2. The van der Waals surface area contributed by atoms with Crippen LogP contribution in [0.4, 0.5) is 0 Å². The van der Waals surface area contributed by atoms with Gasteiger partial charge in [0.2, 0.25) is 0 Å². The summed E-state index contributed by atoms with van der Waals surface area (Å²) in [4.78, 5) is 30.6. The lowest BCUT2D eigenvalue weighted by Crippen LogP contribution is -2.38. The Bertz CT molecular complexity index is 1230. The summed E-state index contributed by atoms with van der Waals surface area (Å²) in [5, 5.41) is 11.5. The molecule has 8 nitrogen and oxygen atoms in total. The molecule has 0 spiro atoms. The van der Waals surface area contributed by atoms with Gasteiger partial charge in [0, 0.05) is 31.7 Å². The average molecular weight is 549 g/mol. The first-order valence-corrected chi connectivity index (χ1v) is 14.0. The maximum Gasteiger partial charge on any atom is 0.295 e. The summed E-state index contributed by atoms with van der Waals surface area (Å²) in [6.07, 6.45) is 2.36. The van der Waals surface area contributed by atoms with E-state index in [2.05, 4.69) is 25.3 Å². The highest BCUT2D eigenvalue weighted by atomic mass is 16.5. The lowest BCUT2D eigenvalue weighted by atomic mass is 9.94. The number of ether oxygens (including phenoxy) is 3. The predicted octanol–water partition coefficient (Wildman–Crippen LogP) is 4.74. The number of aryl methyl sites for hydroxylation is 1. The summed E-state index contributed by atoms with van der Waals surface area (Å²) in [7, 11) is 0. The van der Waals surface area contributed by atoms with Crippen LogP contribution in [0.5, 0.6) is 11.5 Å². The van der Waals surface area contributed by atoms with Gasteiger partial charge < -0.3 is 24.2 Å².